The third-order valence-electron chi connectivity index (χ3n) is 2.69. The van der Waals surface area contributed by atoms with Crippen LogP contribution in [0.25, 0.3) is 0 Å². The van der Waals surface area contributed by atoms with Gasteiger partial charge in [0.25, 0.3) is 5.69 Å². The maximum absolute atomic E-state index is 11.1. The molecule has 0 amide bonds. The quantitative estimate of drug-likeness (QED) is 0.465. The number of esters is 1. The van der Waals surface area contributed by atoms with Crippen LogP contribution in [0, 0.1) is 10.1 Å². The van der Waals surface area contributed by atoms with Gasteiger partial charge in [-0.2, -0.15) is 0 Å². The van der Waals surface area contributed by atoms with Gasteiger partial charge >= 0.3 is 5.97 Å². The van der Waals surface area contributed by atoms with E-state index in [1.165, 1.54) is 12.1 Å². The SMILES string of the molecule is CCOC(=O)CCNC(C)c1ccc([N+](=O)[O-])cc1. The summed E-state index contributed by atoms with van der Waals surface area (Å²) in [5.74, 6) is -0.231. The number of non-ortho nitro benzene ring substituents is 1. The molecule has 1 rings (SSSR count). The molecule has 0 bridgehead atoms. The molecule has 0 spiro atoms. The number of carbonyl (C=O) groups is 1. The molecule has 1 unspecified atom stereocenters. The van der Waals surface area contributed by atoms with Crippen molar-refractivity contribution in [3.05, 3.63) is 39.9 Å². The standard InChI is InChI=1S/C13H18N2O4/c1-3-19-13(16)8-9-14-10(2)11-4-6-12(7-5-11)15(17)18/h4-7,10,14H,3,8-9H2,1-2H3. The van der Waals surface area contributed by atoms with Gasteiger partial charge in [0.05, 0.1) is 18.0 Å². The summed E-state index contributed by atoms with van der Waals surface area (Å²) in [6.07, 6.45) is 0.311. The van der Waals surface area contributed by atoms with E-state index in [-0.39, 0.29) is 17.7 Å². The van der Waals surface area contributed by atoms with Crippen LogP contribution in [0.5, 0.6) is 0 Å². The summed E-state index contributed by atoms with van der Waals surface area (Å²) in [6, 6.07) is 6.38. The van der Waals surface area contributed by atoms with Crippen LogP contribution in [0.15, 0.2) is 24.3 Å². The lowest BCUT2D eigenvalue weighted by Gasteiger charge is -2.13. The van der Waals surface area contributed by atoms with Crippen LogP contribution >= 0.6 is 0 Å². The molecule has 0 aliphatic carbocycles. The second-order valence-corrected chi connectivity index (χ2v) is 4.08. The molecule has 0 fully saturated rings. The Morgan fingerprint density at radius 1 is 1.42 bits per heavy atom. The molecule has 0 aliphatic rings. The van der Waals surface area contributed by atoms with Gasteiger partial charge in [0.1, 0.15) is 0 Å². The highest BCUT2D eigenvalue weighted by Crippen LogP contribution is 2.17. The molecular weight excluding hydrogens is 248 g/mol. The lowest BCUT2D eigenvalue weighted by molar-refractivity contribution is -0.384. The maximum Gasteiger partial charge on any atom is 0.307 e. The molecule has 1 atom stereocenters. The first-order chi connectivity index (χ1) is 9.04. The fourth-order valence-corrected chi connectivity index (χ4v) is 1.63. The van der Waals surface area contributed by atoms with Gasteiger partial charge in [-0.05, 0) is 19.4 Å². The molecule has 0 radical (unpaired) electrons. The van der Waals surface area contributed by atoms with Gasteiger partial charge in [0, 0.05) is 24.7 Å². The van der Waals surface area contributed by atoms with Gasteiger partial charge in [0.15, 0.2) is 0 Å². The topological polar surface area (TPSA) is 81.5 Å². The minimum Gasteiger partial charge on any atom is -0.466 e. The Bertz CT molecular complexity index is 431. The van der Waals surface area contributed by atoms with E-state index < -0.39 is 4.92 Å². The molecule has 1 N–H and O–H groups in total. The van der Waals surface area contributed by atoms with Crippen molar-refractivity contribution < 1.29 is 14.5 Å². The van der Waals surface area contributed by atoms with Gasteiger partial charge in [0.2, 0.25) is 0 Å². The van der Waals surface area contributed by atoms with E-state index in [2.05, 4.69) is 5.32 Å². The third kappa shape index (κ3) is 5.05. The van der Waals surface area contributed by atoms with Crippen molar-refractivity contribution in [3.8, 4) is 0 Å². The summed E-state index contributed by atoms with van der Waals surface area (Å²) in [7, 11) is 0. The molecule has 19 heavy (non-hydrogen) atoms. The molecule has 1 aromatic rings. The predicted molar refractivity (Wildman–Crippen MR) is 70.8 cm³/mol. The first kappa shape index (κ1) is 15.1. The summed E-state index contributed by atoms with van der Waals surface area (Å²) in [4.78, 5) is 21.2. The second kappa shape index (κ2) is 7.48. The molecule has 6 nitrogen and oxygen atoms in total. The van der Waals surface area contributed by atoms with Crippen LogP contribution in [0.4, 0.5) is 5.69 Å². The summed E-state index contributed by atoms with van der Waals surface area (Å²) >= 11 is 0. The van der Waals surface area contributed by atoms with Gasteiger partial charge < -0.3 is 10.1 Å². The zero-order valence-corrected chi connectivity index (χ0v) is 11.1. The highest BCUT2D eigenvalue weighted by Gasteiger charge is 2.09. The summed E-state index contributed by atoms with van der Waals surface area (Å²) in [5, 5.41) is 13.7. The van der Waals surface area contributed by atoms with E-state index in [1.807, 2.05) is 6.92 Å². The number of nitro benzene ring substituents is 1. The number of hydrogen-bond acceptors (Lipinski definition) is 5. The van der Waals surface area contributed by atoms with Crippen molar-refractivity contribution >= 4 is 11.7 Å². The normalized spacial score (nSPS) is 11.9. The van der Waals surface area contributed by atoms with Gasteiger partial charge in [-0.15, -0.1) is 0 Å². The van der Waals surface area contributed by atoms with E-state index in [1.54, 1.807) is 19.1 Å². The van der Waals surface area contributed by atoms with Crippen LogP contribution in [0.3, 0.4) is 0 Å². The molecule has 6 heteroatoms. The number of nitrogens with zero attached hydrogens (tertiary/aromatic N) is 1. The first-order valence-electron chi connectivity index (χ1n) is 6.18. The van der Waals surface area contributed by atoms with E-state index >= 15 is 0 Å². The Morgan fingerprint density at radius 2 is 2.05 bits per heavy atom. The van der Waals surface area contributed by atoms with Crippen LogP contribution in [-0.2, 0) is 9.53 Å². The molecule has 1 aromatic carbocycles. The Morgan fingerprint density at radius 3 is 2.58 bits per heavy atom. The van der Waals surface area contributed by atoms with Crippen molar-refractivity contribution in [3.63, 3.8) is 0 Å². The number of ether oxygens (including phenoxy) is 1. The van der Waals surface area contributed by atoms with Crippen molar-refractivity contribution in [1.82, 2.24) is 5.32 Å². The lowest BCUT2D eigenvalue weighted by Crippen LogP contribution is -2.22. The number of hydrogen-bond donors (Lipinski definition) is 1. The number of rotatable bonds is 7. The average molecular weight is 266 g/mol. The Hall–Kier alpha value is -1.95. The highest BCUT2D eigenvalue weighted by atomic mass is 16.6. The summed E-state index contributed by atoms with van der Waals surface area (Å²) < 4.78 is 4.82. The fourth-order valence-electron chi connectivity index (χ4n) is 1.63. The van der Waals surface area contributed by atoms with Crippen molar-refractivity contribution in [2.75, 3.05) is 13.2 Å². The number of carbonyl (C=O) groups excluding carboxylic acids is 1. The minimum absolute atomic E-state index is 0.0234. The number of nitro groups is 1. The summed E-state index contributed by atoms with van der Waals surface area (Å²) in [5.41, 5.74) is 1.01. The Kier molecular flexibility index (Phi) is 5.95. The van der Waals surface area contributed by atoms with Gasteiger partial charge in [-0.25, -0.2) is 0 Å². The van der Waals surface area contributed by atoms with Crippen LogP contribution in [-0.4, -0.2) is 24.0 Å². The number of benzene rings is 1. The van der Waals surface area contributed by atoms with E-state index in [4.69, 9.17) is 4.74 Å². The zero-order chi connectivity index (χ0) is 14.3. The van der Waals surface area contributed by atoms with Gasteiger partial charge in [-0.1, -0.05) is 12.1 Å². The molecule has 104 valence electrons. The maximum atomic E-state index is 11.1. The Labute approximate surface area is 111 Å². The molecule has 0 aliphatic heterocycles. The van der Waals surface area contributed by atoms with Gasteiger partial charge in [-0.3, -0.25) is 14.9 Å². The van der Waals surface area contributed by atoms with E-state index in [0.29, 0.717) is 19.6 Å². The van der Waals surface area contributed by atoms with Crippen LogP contribution in [0.2, 0.25) is 0 Å². The van der Waals surface area contributed by atoms with Crippen molar-refractivity contribution in [1.29, 1.82) is 0 Å². The average Bonchev–Trinajstić information content (AvgIpc) is 2.39. The number of nitrogens with one attached hydrogen (secondary N) is 1. The summed E-state index contributed by atoms with van der Waals surface area (Å²) in [6.45, 7) is 4.60. The first-order valence-corrected chi connectivity index (χ1v) is 6.18. The van der Waals surface area contributed by atoms with E-state index in [9.17, 15) is 14.9 Å². The minimum atomic E-state index is -0.428. The smallest absolute Gasteiger partial charge is 0.307 e. The van der Waals surface area contributed by atoms with E-state index in [0.717, 1.165) is 5.56 Å². The van der Waals surface area contributed by atoms with Crippen molar-refractivity contribution in [2.24, 2.45) is 0 Å². The highest BCUT2D eigenvalue weighted by molar-refractivity contribution is 5.69. The predicted octanol–water partition coefficient (Wildman–Crippen LogP) is 2.20. The van der Waals surface area contributed by atoms with Crippen LogP contribution < -0.4 is 5.32 Å². The molecule has 0 saturated carbocycles. The largest absolute Gasteiger partial charge is 0.466 e. The van der Waals surface area contributed by atoms with Crippen LogP contribution in [0.1, 0.15) is 31.9 Å². The lowest BCUT2D eigenvalue weighted by atomic mass is 10.1. The molecule has 0 heterocycles. The fraction of sp³-hybridized carbons (Fsp3) is 0.462. The molecular formula is C13H18N2O4. The monoisotopic (exact) mass is 266 g/mol. The van der Waals surface area contributed by atoms with Crippen molar-refractivity contribution in [2.45, 2.75) is 26.3 Å². The molecule has 0 saturated heterocycles. The Balaban J connectivity index is 2.43. The zero-order valence-electron chi connectivity index (χ0n) is 11.1. The second-order valence-electron chi connectivity index (χ2n) is 4.08. The third-order valence-corrected chi connectivity index (χ3v) is 2.69. The molecule has 0 aromatic heterocycles.